The number of benzene rings is 2. The van der Waals surface area contributed by atoms with Gasteiger partial charge < -0.3 is 9.40 Å². The fourth-order valence-corrected chi connectivity index (χ4v) is 5.50. The molecule has 7 nitrogen and oxygen atoms in total. The van der Waals surface area contributed by atoms with Crippen molar-refractivity contribution < 1.29 is 17.2 Å². The second kappa shape index (κ2) is 6.50. The van der Waals surface area contributed by atoms with Crippen LogP contribution in [-0.4, -0.2) is 29.2 Å². The Morgan fingerprint density at radius 3 is 2.86 bits per heavy atom. The minimum absolute atomic E-state index is 0.118. The summed E-state index contributed by atoms with van der Waals surface area (Å²) in [4.78, 5) is 19.0. The van der Waals surface area contributed by atoms with Gasteiger partial charge in [0.2, 0.25) is 10.0 Å². The van der Waals surface area contributed by atoms with E-state index in [1.54, 1.807) is 6.07 Å². The minimum Gasteiger partial charge on any atom is -0.423 e. The fraction of sp³-hybridized carbons (Fsp3) is 0.200. The molecule has 1 saturated heterocycles. The van der Waals surface area contributed by atoms with Gasteiger partial charge in [-0.1, -0.05) is 0 Å². The summed E-state index contributed by atoms with van der Waals surface area (Å²) < 4.78 is 46.6. The van der Waals surface area contributed by atoms with Crippen LogP contribution in [0.15, 0.2) is 62.6 Å². The molecule has 4 aromatic rings. The molecule has 148 valence electrons. The van der Waals surface area contributed by atoms with E-state index in [9.17, 15) is 17.6 Å². The molecule has 2 aromatic carbocycles. The number of imidazole rings is 1. The number of hydrogen-bond acceptors (Lipinski definition) is 5. The van der Waals surface area contributed by atoms with Crippen LogP contribution in [0.2, 0.25) is 0 Å². The zero-order chi connectivity index (χ0) is 20.2. The molecule has 9 heteroatoms. The molecular weight excluding hydrogens is 397 g/mol. The Kier molecular flexibility index (Phi) is 4.04. The molecule has 29 heavy (non-hydrogen) atoms. The highest BCUT2D eigenvalue weighted by Crippen LogP contribution is 2.36. The van der Waals surface area contributed by atoms with E-state index in [4.69, 9.17) is 4.42 Å². The van der Waals surface area contributed by atoms with Crippen molar-refractivity contribution in [1.82, 2.24) is 14.3 Å². The summed E-state index contributed by atoms with van der Waals surface area (Å²) in [5, 5.41) is 0.528. The van der Waals surface area contributed by atoms with E-state index >= 15 is 0 Å². The summed E-state index contributed by atoms with van der Waals surface area (Å²) in [6.07, 6.45) is 1.31. The lowest BCUT2D eigenvalue weighted by atomic mass is 10.2. The molecule has 3 heterocycles. The molecule has 0 amide bonds. The Morgan fingerprint density at radius 2 is 2.00 bits per heavy atom. The third kappa shape index (κ3) is 3.02. The first-order valence-electron chi connectivity index (χ1n) is 9.13. The summed E-state index contributed by atoms with van der Waals surface area (Å²) in [5.74, 6) is 0.116. The van der Waals surface area contributed by atoms with Gasteiger partial charge in [-0.2, -0.15) is 4.31 Å². The number of aromatic nitrogens is 2. The summed E-state index contributed by atoms with van der Waals surface area (Å²) in [6, 6.07) is 11.0. The molecular formula is C20H16FN3O4S. The van der Waals surface area contributed by atoms with Gasteiger partial charge in [-0.25, -0.2) is 22.6 Å². The second-order valence-electron chi connectivity index (χ2n) is 7.01. The van der Waals surface area contributed by atoms with E-state index in [2.05, 4.69) is 9.97 Å². The maximum absolute atomic E-state index is 13.5. The van der Waals surface area contributed by atoms with Gasteiger partial charge >= 0.3 is 5.63 Å². The van der Waals surface area contributed by atoms with Crippen LogP contribution in [0.4, 0.5) is 4.39 Å². The van der Waals surface area contributed by atoms with E-state index in [-0.39, 0.29) is 10.7 Å². The molecule has 0 bridgehead atoms. The molecule has 0 saturated carbocycles. The highest BCUT2D eigenvalue weighted by molar-refractivity contribution is 7.89. The van der Waals surface area contributed by atoms with Gasteiger partial charge in [-0.05, 0) is 55.3 Å². The average Bonchev–Trinajstić information content (AvgIpc) is 3.34. The number of nitrogens with zero attached hydrogens (tertiary/aromatic N) is 2. The third-order valence-corrected chi connectivity index (χ3v) is 7.08. The highest BCUT2D eigenvalue weighted by Gasteiger charge is 2.38. The summed E-state index contributed by atoms with van der Waals surface area (Å²) in [6.45, 7) is 0.361. The summed E-state index contributed by atoms with van der Waals surface area (Å²) in [5.41, 5.74) is 0.958. The molecule has 0 aliphatic carbocycles. The summed E-state index contributed by atoms with van der Waals surface area (Å²) >= 11 is 0. The maximum Gasteiger partial charge on any atom is 0.336 e. The van der Waals surface area contributed by atoms with Crippen LogP contribution in [0, 0.1) is 5.82 Å². The third-order valence-electron chi connectivity index (χ3n) is 5.18. The number of rotatable bonds is 3. The van der Waals surface area contributed by atoms with Gasteiger partial charge in [0.25, 0.3) is 0 Å². The second-order valence-corrected chi connectivity index (χ2v) is 8.90. The number of nitrogens with one attached hydrogen (secondary N) is 1. The van der Waals surface area contributed by atoms with Gasteiger partial charge in [0.1, 0.15) is 17.2 Å². The van der Waals surface area contributed by atoms with Crippen molar-refractivity contribution >= 4 is 32.0 Å². The quantitative estimate of drug-likeness (QED) is 0.520. The van der Waals surface area contributed by atoms with Crippen molar-refractivity contribution in [3.8, 4) is 0 Å². The number of sulfonamides is 1. The molecule has 1 unspecified atom stereocenters. The molecule has 0 radical (unpaired) electrons. The molecule has 1 aliphatic rings. The number of hydrogen-bond donors (Lipinski definition) is 1. The Hall–Kier alpha value is -3.04. The van der Waals surface area contributed by atoms with Crippen LogP contribution in [0.1, 0.15) is 24.7 Å². The van der Waals surface area contributed by atoms with E-state index in [0.717, 1.165) is 0 Å². The van der Waals surface area contributed by atoms with Crippen LogP contribution in [0.25, 0.3) is 22.0 Å². The van der Waals surface area contributed by atoms with E-state index in [0.29, 0.717) is 47.2 Å². The predicted molar refractivity (Wildman–Crippen MR) is 104 cm³/mol. The van der Waals surface area contributed by atoms with E-state index in [1.165, 1.54) is 46.8 Å². The predicted octanol–water partition coefficient (Wildman–Crippen LogP) is 3.33. The van der Waals surface area contributed by atoms with Crippen molar-refractivity contribution in [3.05, 3.63) is 70.6 Å². The van der Waals surface area contributed by atoms with E-state index in [1.807, 2.05) is 0 Å². The van der Waals surface area contributed by atoms with Crippen molar-refractivity contribution in [2.45, 2.75) is 23.8 Å². The maximum atomic E-state index is 13.5. The Labute approximate surface area is 164 Å². The van der Waals surface area contributed by atoms with Crippen molar-refractivity contribution in [3.63, 3.8) is 0 Å². The minimum atomic E-state index is -3.80. The zero-order valence-electron chi connectivity index (χ0n) is 15.1. The van der Waals surface area contributed by atoms with Gasteiger partial charge in [0, 0.05) is 18.0 Å². The van der Waals surface area contributed by atoms with Crippen LogP contribution in [-0.2, 0) is 10.0 Å². The fourth-order valence-electron chi connectivity index (χ4n) is 3.81. The van der Waals surface area contributed by atoms with E-state index < -0.39 is 21.7 Å². The van der Waals surface area contributed by atoms with Crippen molar-refractivity contribution in [2.75, 3.05) is 6.54 Å². The number of halogens is 1. The summed E-state index contributed by atoms with van der Waals surface area (Å²) in [7, 11) is -3.80. The smallest absolute Gasteiger partial charge is 0.336 e. The van der Waals surface area contributed by atoms with Crippen molar-refractivity contribution in [1.29, 1.82) is 0 Å². The standard InChI is InChI=1S/C20H16FN3O4S/c21-13-4-6-15-16(11-13)23-20(22-15)17-2-1-9-24(17)29(26,27)14-5-7-18-12(10-14)3-8-19(25)28-18/h3-8,10-11,17H,1-2,9H2,(H,22,23). The normalized spacial score (nSPS) is 18.0. The SMILES string of the molecule is O=c1ccc2cc(S(=O)(=O)N3CCCC3c3nc4ccc(F)cc4[nH]3)ccc2o1. The Morgan fingerprint density at radius 1 is 1.14 bits per heavy atom. The molecule has 5 rings (SSSR count). The molecule has 1 N–H and O–H groups in total. The van der Waals surface area contributed by atoms with Gasteiger partial charge in [0.15, 0.2) is 0 Å². The van der Waals surface area contributed by atoms with Crippen LogP contribution < -0.4 is 5.63 Å². The molecule has 1 aliphatic heterocycles. The lowest BCUT2D eigenvalue weighted by molar-refractivity contribution is 0.386. The highest BCUT2D eigenvalue weighted by atomic mass is 32.2. The number of fused-ring (bicyclic) bond motifs is 2. The van der Waals surface area contributed by atoms with Crippen LogP contribution >= 0.6 is 0 Å². The van der Waals surface area contributed by atoms with Gasteiger partial charge in [-0.15, -0.1) is 0 Å². The Balaban J connectivity index is 1.55. The lowest BCUT2D eigenvalue weighted by Crippen LogP contribution is -2.31. The first kappa shape index (κ1) is 18.0. The number of aromatic amines is 1. The Bertz CT molecular complexity index is 1410. The van der Waals surface area contributed by atoms with Gasteiger partial charge in [-0.3, -0.25) is 0 Å². The zero-order valence-corrected chi connectivity index (χ0v) is 15.9. The van der Waals surface area contributed by atoms with Crippen molar-refractivity contribution in [2.24, 2.45) is 0 Å². The largest absolute Gasteiger partial charge is 0.423 e. The van der Waals surface area contributed by atoms with Gasteiger partial charge in [0.05, 0.1) is 22.0 Å². The molecule has 1 atom stereocenters. The first-order chi connectivity index (χ1) is 13.9. The molecule has 0 spiro atoms. The topological polar surface area (TPSA) is 96.3 Å². The lowest BCUT2D eigenvalue weighted by Gasteiger charge is -2.22. The first-order valence-corrected chi connectivity index (χ1v) is 10.6. The van der Waals surface area contributed by atoms with Crippen LogP contribution in [0.5, 0.6) is 0 Å². The monoisotopic (exact) mass is 413 g/mol. The van der Waals surface area contributed by atoms with Crippen LogP contribution in [0.3, 0.4) is 0 Å². The average molecular weight is 413 g/mol. The number of H-pyrrole nitrogens is 1. The molecule has 1 fully saturated rings. The molecule has 2 aromatic heterocycles.